The molecular weight excluding hydrogens is 218 g/mol. The maximum absolute atomic E-state index is 9.80. The van der Waals surface area contributed by atoms with Crippen molar-refractivity contribution in [1.29, 1.82) is 0 Å². The van der Waals surface area contributed by atoms with Crippen molar-refractivity contribution in [1.82, 2.24) is 19.6 Å². The van der Waals surface area contributed by atoms with Crippen LogP contribution in [0.2, 0.25) is 0 Å². The van der Waals surface area contributed by atoms with E-state index in [0.717, 1.165) is 11.5 Å². The van der Waals surface area contributed by atoms with Crippen LogP contribution in [0, 0.1) is 6.92 Å². The van der Waals surface area contributed by atoms with E-state index >= 15 is 0 Å². The molecule has 0 aromatic carbocycles. The lowest BCUT2D eigenvalue weighted by atomic mass is 10.3. The standard InChI is InChI=1S/C11H17N5O/c1-9-6-11(14-15(9)2)12-7-10(17)8-16-5-3-4-13-16/h3-6,10,17H,7-8H2,1-2H3,(H,12,14). The third-order valence-electron chi connectivity index (χ3n) is 2.59. The van der Waals surface area contributed by atoms with Crippen molar-refractivity contribution in [2.45, 2.75) is 19.6 Å². The molecule has 92 valence electrons. The highest BCUT2D eigenvalue weighted by Gasteiger charge is 2.07. The number of aliphatic hydroxyl groups is 1. The van der Waals surface area contributed by atoms with E-state index in [1.54, 1.807) is 15.6 Å². The summed E-state index contributed by atoms with van der Waals surface area (Å²) in [5.74, 6) is 0.782. The van der Waals surface area contributed by atoms with E-state index in [4.69, 9.17) is 0 Å². The Hall–Kier alpha value is -1.82. The highest BCUT2D eigenvalue weighted by Crippen LogP contribution is 2.06. The topological polar surface area (TPSA) is 67.9 Å². The van der Waals surface area contributed by atoms with Crippen molar-refractivity contribution in [2.24, 2.45) is 7.05 Å². The molecule has 0 fully saturated rings. The molecule has 2 aromatic rings. The number of aliphatic hydroxyl groups excluding tert-OH is 1. The summed E-state index contributed by atoms with van der Waals surface area (Å²) in [5.41, 5.74) is 1.08. The maximum Gasteiger partial charge on any atom is 0.148 e. The largest absolute Gasteiger partial charge is 0.389 e. The van der Waals surface area contributed by atoms with Gasteiger partial charge in [-0.15, -0.1) is 0 Å². The monoisotopic (exact) mass is 235 g/mol. The van der Waals surface area contributed by atoms with Crippen LogP contribution < -0.4 is 5.32 Å². The van der Waals surface area contributed by atoms with Crippen molar-refractivity contribution >= 4 is 5.82 Å². The van der Waals surface area contributed by atoms with Crippen molar-refractivity contribution in [3.05, 3.63) is 30.2 Å². The molecule has 1 atom stereocenters. The van der Waals surface area contributed by atoms with Gasteiger partial charge in [-0.25, -0.2) is 0 Å². The van der Waals surface area contributed by atoms with Crippen LogP contribution in [0.25, 0.3) is 0 Å². The van der Waals surface area contributed by atoms with Gasteiger partial charge in [0.05, 0.1) is 12.6 Å². The molecule has 0 saturated carbocycles. The molecular formula is C11H17N5O. The Morgan fingerprint density at radius 1 is 1.53 bits per heavy atom. The summed E-state index contributed by atoms with van der Waals surface area (Å²) in [5, 5.41) is 21.2. The Morgan fingerprint density at radius 3 is 2.94 bits per heavy atom. The summed E-state index contributed by atoms with van der Waals surface area (Å²) < 4.78 is 3.50. The van der Waals surface area contributed by atoms with Crippen molar-refractivity contribution in [3.63, 3.8) is 0 Å². The number of anilines is 1. The van der Waals surface area contributed by atoms with E-state index in [9.17, 15) is 5.11 Å². The number of aromatic nitrogens is 4. The molecule has 2 heterocycles. The minimum Gasteiger partial charge on any atom is -0.389 e. The summed E-state index contributed by atoms with van der Waals surface area (Å²) in [4.78, 5) is 0. The van der Waals surface area contributed by atoms with E-state index in [-0.39, 0.29) is 0 Å². The molecule has 0 bridgehead atoms. The Morgan fingerprint density at radius 2 is 2.35 bits per heavy atom. The van der Waals surface area contributed by atoms with Crippen LogP contribution in [0.5, 0.6) is 0 Å². The molecule has 0 saturated heterocycles. The Labute approximate surface area is 99.9 Å². The predicted molar refractivity (Wildman–Crippen MR) is 64.7 cm³/mol. The Bertz CT molecular complexity index is 443. The van der Waals surface area contributed by atoms with E-state index in [0.29, 0.717) is 13.1 Å². The molecule has 0 spiro atoms. The molecule has 2 aromatic heterocycles. The molecule has 1 unspecified atom stereocenters. The van der Waals surface area contributed by atoms with E-state index < -0.39 is 6.10 Å². The SMILES string of the molecule is Cc1cc(NCC(O)Cn2cccn2)nn1C. The first-order valence-corrected chi connectivity index (χ1v) is 5.55. The summed E-state index contributed by atoms with van der Waals surface area (Å²) in [6.45, 7) is 2.92. The zero-order chi connectivity index (χ0) is 12.3. The molecule has 0 aliphatic rings. The van der Waals surface area contributed by atoms with E-state index in [1.807, 2.05) is 32.3 Å². The van der Waals surface area contributed by atoms with Crippen LogP contribution in [0.3, 0.4) is 0 Å². The normalized spacial score (nSPS) is 12.6. The smallest absolute Gasteiger partial charge is 0.148 e. The second kappa shape index (κ2) is 5.01. The van der Waals surface area contributed by atoms with Gasteiger partial charge in [0.25, 0.3) is 0 Å². The molecule has 17 heavy (non-hydrogen) atoms. The predicted octanol–water partition coefficient (Wildman–Crippen LogP) is 0.398. The first-order chi connectivity index (χ1) is 8.15. The number of nitrogens with zero attached hydrogens (tertiary/aromatic N) is 4. The third-order valence-corrected chi connectivity index (χ3v) is 2.59. The van der Waals surface area contributed by atoms with Gasteiger partial charge in [0.2, 0.25) is 0 Å². The number of hydrogen-bond acceptors (Lipinski definition) is 4. The summed E-state index contributed by atoms with van der Waals surface area (Å²) in [6.07, 6.45) is 3.04. The minimum atomic E-state index is -0.489. The molecule has 0 amide bonds. The fourth-order valence-corrected chi connectivity index (χ4v) is 1.56. The number of rotatable bonds is 5. The lowest BCUT2D eigenvalue weighted by Crippen LogP contribution is -2.25. The van der Waals surface area contributed by atoms with E-state index in [2.05, 4.69) is 15.5 Å². The summed E-state index contributed by atoms with van der Waals surface area (Å²) >= 11 is 0. The fourth-order valence-electron chi connectivity index (χ4n) is 1.56. The average molecular weight is 235 g/mol. The highest BCUT2D eigenvalue weighted by atomic mass is 16.3. The van der Waals surface area contributed by atoms with Crippen LogP contribution in [0.1, 0.15) is 5.69 Å². The molecule has 6 nitrogen and oxygen atoms in total. The van der Waals surface area contributed by atoms with Crippen molar-refractivity contribution in [2.75, 3.05) is 11.9 Å². The van der Waals surface area contributed by atoms with Crippen LogP contribution >= 0.6 is 0 Å². The van der Waals surface area contributed by atoms with Crippen molar-refractivity contribution in [3.8, 4) is 0 Å². The zero-order valence-electron chi connectivity index (χ0n) is 10.0. The molecule has 6 heteroatoms. The first kappa shape index (κ1) is 11.7. The van der Waals surface area contributed by atoms with Gasteiger partial charge in [-0.1, -0.05) is 0 Å². The minimum absolute atomic E-state index is 0.455. The van der Waals surface area contributed by atoms with Crippen LogP contribution in [0.15, 0.2) is 24.5 Å². The Balaban J connectivity index is 1.81. The average Bonchev–Trinajstić information content (AvgIpc) is 2.87. The van der Waals surface area contributed by atoms with Crippen LogP contribution in [-0.2, 0) is 13.6 Å². The quantitative estimate of drug-likeness (QED) is 0.787. The van der Waals surface area contributed by atoms with Gasteiger partial charge >= 0.3 is 0 Å². The lowest BCUT2D eigenvalue weighted by molar-refractivity contribution is 0.161. The van der Waals surface area contributed by atoms with Crippen molar-refractivity contribution < 1.29 is 5.11 Å². The Kier molecular flexibility index (Phi) is 3.43. The van der Waals surface area contributed by atoms with Gasteiger partial charge in [0.1, 0.15) is 5.82 Å². The number of aryl methyl sites for hydroxylation is 2. The summed E-state index contributed by atoms with van der Waals surface area (Å²) in [7, 11) is 1.89. The lowest BCUT2D eigenvalue weighted by Gasteiger charge is -2.11. The second-order valence-electron chi connectivity index (χ2n) is 4.06. The van der Waals surface area contributed by atoms with Crippen LogP contribution in [0.4, 0.5) is 5.82 Å². The zero-order valence-corrected chi connectivity index (χ0v) is 10.0. The fraction of sp³-hybridized carbons (Fsp3) is 0.455. The van der Waals surface area contributed by atoms with Crippen LogP contribution in [-0.4, -0.2) is 37.3 Å². The van der Waals surface area contributed by atoms with Gasteiger partial charge < -0.3 is 10.4 Å². The van der Waals surface area contributed by atoms with Gasteiger partial charge in [-0.05, 0) is 13.0 Å². The maximum atomic E-state index is 9.80. The molecule has 2 rings (SSSR count). The van der Waals surface area contributed by atoms with Gasteiger partial charge in [0.15, 0.2) is 0 Å². The summed E-state index contributed by atoms with van der Waals surface area (Å²) in [6, 6.07) is 3.78. The van der Waals surface area contributed by atoms with Gasteiger partial charge in [0, 0.05) is 37.7 Å². The second-order valence-corrected chi connectivity index (χ2v) is 4.06. The highest BCUT2D eigenvalue weighted by molar-refractivity contribution is 5.35. The molecule has 0 aliphatic carbocycles. The number of nitrogens with one attached hydrogen (secondary N) is 1. The van der Waals surface area contributed by atoms with Gasteiger partial charge in [-0.3, -0.25) is 9.36 Å². The molecule has 2 N–H and O–H groups in total. The first-order valence-electron chi connectivity index (χ1n) is 5.55. The molecule has 0 aliphatic heterocycles. The van der Waals surface area contributed by atoms with E-state index in [1.165, 1.54) is 0 Å². The number of hydrogen-bond donors (Lipinski definition) is 2. The van der Waals surface area contributed by atoms with Gasteiger partial charge in [-0.2, -0.15) is 10.2 Å². The molecule has 0 radical (unpaired) electrons. The third kappa shape index (κ3) is 3.07.